The molecule has 0 spiro atoms. The second-order valence-corrected chi connectivity index (χ2v) is 5.15. The molecular formula is C8H7Cl3N2O2S. The molecule has 4 nitrogen and oxygen atoms in total. The molecule has 0 amide bonds. The molecule has 0 saturated heterocycles. The molecule has 88 valence electrons. The molecule has 1 aromatic rings. The summed E-state index contributed by atoms with van der Waals surface area (Å²) in [7, 11) is -3.13. The number of hydrogen-bond acceptors (Lipinski definition) is 4. The van der Waals surface area contributed by atoms with Crippen LogP contribution in [0.5, 0.6) is 0 Å². The predicted octanol–water partition coefficient (Wildman–Crippen LogP) is 3.13. The third-order valence-electron chi connectivity index (χ3n) is 1.14. The van der Waals surface area contributed by atoms with Crippen molar-refractivity contribution in [2.45, 2.75) is 0 Å². The molecule has 0 bridgehead atoms. The lowest BCUT2D eigenvalue weighted by Crippen LogP contribution is -1.83. The van der Waals surface area contributed by atoms with Crippen LogP contribution in [0.15, 0.2) is 30.2 Å². The van der Waals surface area contributed by atoms with E-state index in [9.17, 15) is 8.42 Å². The van der Waals surface area contributed by atoms with E-state index in [1.54, 1.807) is 0 Å². The molecular weight excluding hydrogens is 295 g/mol. The third-order valence-corrected chi connectivity index (χ3v) is 2.91. The van der Waals surface area contributed by atoms with Gasteiger partial charge in [0.25, 0.3) is 0 Å². The van der Waals surface area contributed by atoms with Crippen LogP contribution in [0.1, 0.15) is 0 Å². The van der Waals surface area contributed by atoms with Gasteiger partial charge in [-0.2, -0.15) is 0 Å². The van der Waals surface area contributed by atoms with Crippen molar-refractivity contribution in [3.63, 3.8) is 0 Å². The molecule has 0 aromatic carbocycles. The van der Waals surface area contributed by atoms with Gasteiger partial charge in [0.15, 0.2) is 15.0 Å². The predicted molar refractivity (Wildman–Crippen MR) is 66.4 cm³/mol. The summed E-state index contributed by atoms with van der Waals surface area (Å²) in [6.45, 7) is 6.09. The Morgan fingerprint density at radius 3 is 1.94 bits per heavy atom. The molecule has 0 N–H and O–H groups in total. The zero-order valence-corrected chi connectivity index (χ0v) is 11.0. The Balaban J connectivity index is 0.000000293. The maximum atomic E-state index is 10.1. The van der Waals surface area contributed by atoms with Crippen LogP contribution in [0.4, 0.5) is 0 Å². The van der Waals surface area contributed by atoms with E-state index in [0.717, 1.165) is 10.8 Å². The molecule has 1 heterocycles. The van der Waals surface area contributed by atoms with E-state index in [2.05, 4.69) is 23.1 Å². The Labute approximate surface area is 108 Å². The van der Waals surface area contributed by atoms with Gasteiger partial charge >= 0.3 is 0 Å². The average Bonchev–Trinajstić information content (AvgIpc) is 2.25. The van der Waals surface area contributed by atoms with E-state index in [1.165, 1.54) is 6.20 Å². The normalized spacial score (nSPS) is 9.94. The first kappa shape index (κ1) is 15.4. The molecule has 0 radical (unpaired) electrons. The highest BCUT2D eigenvalue weighted by atomic mass is 35.5. The fraction of sp³-hybridized carbons (Fsp3) is 0. The monoisotopic (exact) mass is 300 g/mol. The van der Waals surface area contributed by atoms with Gasteiger partial charge in [0.2, 0.25) is 5.28 Å². The molecule has 16 heavy (non-hydrogen) atoms. The summed E-state index contributed by atoms with van der Waals surface area (Å²) in [6, 6.07) is 0. The number of aromatic nitrogens is 2. The summed E-state index contributed by atoms with van der Waals surface area (Å²) in [4.78, 5) is 7.14. The van der Waals surface area contributed by atoms with Crippen molar-refractivity contribution in [2.24, 2.45) is 0 Å². The summed E-state index contributed by atoms with van der Waals surface area (Å²) in [5.74, 6) is 0. The fourth-order valence-corrected chi connectivity index (χ4v) is 0.927. The molecule has 8 heteroatoms. The summed E-state index contributed by atoms with van der Waals surface area (Å²) in [6.07, 6.45) is 1.35. The number of nitrogens with zero attached hydrogens (tertiary/aromatic N) is 2. The van der Waals surface area contributed by atoms with Gasteiger partial charge in [-0.25, -0.2) is 18.4 Å². The SMILES string of the molecule is C=CS(=O)(=O)C=C.Clc1ncc(Cl)c(Cl)n1. The van der Waals surface area contributed by atoms with Crippen molar-refractivity contribution in [1.29, 1.82) is 0 Å². The highest BCUT2D eigenvalue weighted by Crippen LogP contribution is 2.18. The zero-order chi connectivity index (χ0) is 12.8. The molecule has 0 aliphatic carbocycles. The van der Waals surface area contributed by atoms with Gasteiger partial charge in [-0.3, -0.25) is 0 Å². The first-order valence-corrected chi connectivity index (χ1v) is 6.40. The summed E-state index contributed by atoms with van der Waals surface area (Å²) in [5, 5.41) is 2.28. The summed E-state index contributed by atoms with van der Waals surface area (Å²) in [5.41, 5.74) is 0. The van der Waals surface area contributed by atoms with E-state index in [0.29, 0.717) is 5.02 Å². The first-order chi connectivity index (χ1) is 7.32. The Morgan fingerprint density at radius 1 is 1.19 bits per heavy atom. The first-order valence-electron chi connectivity index (χ1n) is 3.66. The van der Waals surface area contributed by atoms with Gasteiger partial charge in [-0.1, -0.05) is 36.4 Å². The fourth-order valence-electron chi connectivity index (χ4n) is 0.395. The Bertz CT molecular complexity index is 474. The quantitative estimate of drug-likeness (QED) is 0.622. The molecule has 0 aliphatic rings. The summed E-state index contributed by atoms with van der Waals surface area (Å²) < 4.78 is 20.3. The van der Waals surface area contributed by atoms with Crippen molar-refractivity contribution in [3.8, 4) is 0 Å². The van der Waals surface area contributed by atoms with Crippen molar-refractivity contribution < 1.29 is 8.42 Å². The van der Waals surface area contributed by atoms with Crippen molar-refractivity contribution >= 4 is 44.6 Å². The lowest BCUT2D eigenvalue weighted by Gasteiger charge is -1.90. The molecule has 0 unspecified atom stereocenters. The van der Waals surface area contributed by atoms with E-state index >= 15 is 0 Å². The van der Waals surface area contributed by atoms with Crippen LogP contribution < -0.4 is 0 Å². The number of hydrogen-bond donors (Lipinski definition) is 0. The molecule has 0 aliphatic heterocycles. The maximum absolute atomic E-state index is 10.1. The van der Waals surface area contributed by atoms with E-state index in [-0.39, 0.29) is 10.4 Å². The van der Waals surface area contributed by atoms with Crippen LogP contribution in [0.2, 0.25) is 15.5 Å². The maximum Gasteiger partial charge on any atom is 0.223 e. The second-order valence-electron chi connectivity index (χ2n) is 2.20. The Morgan fingerprint density at radius 2 is 1.69 bits per heavy atom. The van der Waals surface area contributed by atoms with Crippen LogP contribution in [0, 0.1) is 0 Å². The van der Waals surface area contributed by atoms with Crippen LogP contribution in [0.3, 0.4) is 0 Å². The lowest BCUT2D eigenvalue weighted by atomic mass is 10.7. The van der Waals surface area contributed by atoms with Crippen LogP contribution in [-0.4, -0.2) is 18.4 Å². The molecule has 0 fully saturated rings. The minimum atomic E-state index is -3.13. The zero-order valence-electron chi connectivity index (χ0n) is 7.90. The third kappa shape index (κ3) is 6.07. The van der Waals surface area contributed by atoms with Gasteiger partial charge in [0, 0.05) is 10.8 Å². The average molecular weight is 302 g/mol. The minimum Gasteiger partial charge on any atom is -0.225 e. The van der Waals surface area contributed by atoms with Crippen LogP contribution in [0.25, 0.3) is 0 Å². The second kappa shape index (κ2) is 6.85. The van der Waals surface area contributed by atoms with Crippen LogP contribution >= 0.6 is 34.8 Å². The highest BCUT2D eigenvalue weighted by Gasteiger charge is 1.98. The molecule has 0 atom stereocenters. The van der Waals surface area contributed by atoms with Gasteiger partial charge in [0.1, 0.15) is 0 Å². The van der Waals surface area contributed by atoms with Crippen LogP contribution in [-0.2, 0) is 9.84 Å². The number of sulfone groups is 1. The standard InChI is InChI=1S/C4HCl3N2.C4H6O2S/c5-2-1-8-4(7)9-3(2)6;1-3-7(5,6)4-2/h1H;3-4H,1-2H2. The molecule has 1 aromatic heterocycles. The van der Waals surface area contributed by atoms with Gasteiger partial charge < -0.3 is 0 Å². The van der Waals surface area contributed by atoms with Gasteiger partial charge in [0.05, 0.1) is 11.2 Å². The lowest BCUT2D eigenvalue weighted by molar-refractivity contribution is 0.613. The summed E-state index contributed by atoms with van der Waals surface area (Å²) >= 11 is 16.3. The van der Waals surface area contributed by atoms with E-state index < -0.39 is 9.84 Å². The van der Waals surface area contributed by atoms with E-state index in [4.69, 9.17) is 34.8 Å². The Kier molecular flexibility index (Phi) is 6.59. The Hall–Kier alpha value is -0.620. The van der Waals surface area contributed by atoms with Crippen molar-refractivity contribution in [2.75, 3.05) is 0 Å². The van der Waals surface area contributed by atoms with Gasteiger partial charge in [-0.15, -0.1) is 0 Å². The van der Waals surface area contributed by atoms with Crippen molar-refractivity contribution in [1.82, 2.24) is 9.97 Å². The van der Waals surface area contributed by atoms with Crippen molar-refractivity contribution in [3.05, 3.63) is 45.6 Å². The number of halogens is 3. The topological polar surface area (TPSA) is 59.9 Å². The number of rotatable bonds is 2. The highest BCUT2D eigenvalue weighted by molar-refractivity contribution is 7.97. The largest absolute Gasteiger partial charge is 0.225 e. The molecule has 1 rings (SSSR count). The smallest absolute Gasteiger partial charge is 0.223 e. The van der Waals surface area contributed by atoms with Gasteiger partial charge in [-0.05, 0) is 11.6 Å². The van der Waals surface area contributed by atoms with E-state index in [1.807, 2.05) is 0 Å². The minimum absolute atomic E-state index is 0.101. The molecule has 0 saturated carbocycles.